The molecule has 0 radical (unpaired) electrons. The molecule has 10 atom stereocenters. The summed E-state index contributed by atoms with van der Waals surface area (Å²) >= 11 is 3.95. The van der Waals surface area contributed by atoms with Crippen LogP contribution in [0.5, 0.6) is 28.7 Å². The van der Waals surface area contributed by atoms with Crippen molar-refractivity contribution < 1.29 is 66.8 Å². The monoisotopic (exact) mass is 880 g/mol. The summed E-state index contributed by atoms with van der Waals surface area (Å²) in [6.45, 7) is 0.0252. The Morgan fingerprint density at radius 2 is 1.80 bits per heavy atom. The lowest BCUT2D eigenvalue weighted by molar-refractivity contribution is -0.351. The minimum absolute atomic E-state index is 0.0132. The number of aliphatic hydroxyl groups excluding tert-OH is 1. The Morgan fingerprint density at radius 3 is 2.55 bits per heavy atom. The highest BCUT2D eigenvalue weighted by molar-refractivity contribution is 8.01. The lowest BCUT2D eigenvalue weighted by Gasteiger charge is -2.49. The van der Waals surface area contributed by atoms with Crippen molar-refractivity contribution in [2.24, 2.45) is 11.8 Å². The number of methoxy groups -OCH3 is 2. The maximum atomic E-state index is 13.9. The molecule has 0 bridgehead atoms. The zero-order valence-corrected chi connectivity index (χ0v) is 34.3. The van der Waals surface area contributed by atoms with Crippen LogP contribution in [0.2, 0.25) is 0 Å². The molecule has 0 unspecified atom stereocenters. The number of thiophene rings is 1. The Bertz CT molecular complexity index is 2430. The van der Waals surface area contributed by atoms with Crippen molar-refractivity contribution in [2.75, 3.05) is 40.0 Å². The number of thioether (sulfide) groups is 1. The van der Waals surface area contributed by atoms with Gasteiger partial charge in [-0.3, -0.25) is 9.59 Å². The molecule has 3 saturated heterocycles. The van der Waals surface area contributed by atoms with Crippen LogP contribution in [0.4, 0.5) is 4.39 Å². The van der Waals surface area contributed by atoms with Crippen molar-refractivity contribution in [2.45, 2.75) is 53.3 Å². The van der Waals surface area contributed by atoms with Gasteiger partial charge in [-0.25, -0.2) is 9.37 Å². The quantitative estimate of drug-likeness (QED) is 0.119. The number of aromatic hydroxyl groups is 1. The predicted octanol–water partition coefficient (Wildman–Crippen LogP) is 5.42. The minimum atomic E-state index is -1.33. The fourth-order valence-corrected chi connectivity index (χ4v) is 11.2. The van der Waals surface area contributed by atoms with Gasteiger partial charge >= 0.3 is 5.97 Å². The van der Waals surface area contributed by atoms with Crippen LogP contribution in [0.25, 0.3) is 10.2 Å². The molecule has 3 aromatic carbocycles. The van der Waals surface area contributed by atoms with Gasteiger partial charge < -0.3 is 58.2 Å². The van der Waals surface area contributed by atoms with Crippen LogP contribution in [-0.4, -0.2) is 97.7 Å². The number of amides is 1. The van der Waals surface area contributed by atoms with E-state index in [1.54, 1.807) is 30.3 Å². The van der Waals surface area contributed by atoms with Crippen molar-refractivity contribution in [1.29, 1.82) is 0 Å². The number of carbonyl (C=O) groups excluding carboxylic acids is 2. The predicted molar refractivity (Wildman–Crippen MR) is 212 cm³/mol. The number of halogens is 1. The number of rotatable bonds is 10. The van der Waals surface area contributed by atoms with Crippen molar-refractivity contribution in [3.63, 3.8) is 0 Å². The zero-order chi connectivity index (χ0) is 41.2. The second kappa shape index (κ2) is 15.9. The molecule has 19 heteroatoms. The van der Waals surface area contributed by atoms with Crippen LogP contribution in [-0.2, 0) is 33.3 Å². The summed E-state index contributed by atoms with van der Waals surface area (Å²) < 4.78 is 69.5. The normalized spacial score (nSPS) is 29.0. The summed E-state index contributed by atoms with van der Waals surface area (Å²) in [7, 11) is 2.85. The van der Waals surface area contributed by atoms with E-state index in [2.05, 4.69) is 10.3 Å². The summed E-state index contributed by atoms with van der Waals surface area (Å²) in [4.78, 5) is 32.9. The maximum Gasteiger partial charge on any atom is 0.310 e. The van der Waals surface area contributed by atoms with E-state index in [0.717, 1.165) is 9.58 Å². The van der Waals surface area contributed by atoms with Crippen molar-refractivity contribution in [1.82, 2.24) is 10.3 Å². The third kappa shape index (κ3) is 6.99. The van der Waals surface area contributed by atoms with E-state index >= 15 is 0 Å². The van der Waals surface area contributed by atoms with E-state index in [-0.39, 0.29) is 43.0 Å². The third-order valence-corrected chi connectivity index (χ3v) is 14.5. The number of ether oxygens (including phenoxy) is 9. The standard InChI is InChI=1S/C41H37FN2O13S3/c1-49-25-8-17(9-26(50-2)34(25)46)31-19-11-23-24(54-16-53-23)12-20(19)36(21-13-51-38(48)32(21)31)56-40-33(35(47)37-27(55-40)14-52-39(57-37)29-4-3-7-58-29)44-30(45)15-59-41-43-22-10-18(42)5-6-28(22)60-41/h3-12,21,27,31-33,35-37,39-40,46-47H,13-16H2,1-2H3,(H,44,45)/t21-,27+,31+,32-,33+,35+,36+,37+,39+,40-/m0/s1. The number of thiazole rings is 1. The fourth-order valence-electron chi connectivity index (χ4n) is 8.65. The van der Waals surface area contributed by atoms with Gasteiger partial charge in [0, 0.05) is 17.9 Å². The zero-order valence-electron chi connectivity index (χ0n) is 31.8. The number of hydrogen-bond acceptors (Lipinski definition) is 17. The number of aliphatic hydroxyl groups is 1. The summed E-state index contributed by atoms with van der Waals surface area (Å²) in [6, 6.07) is 13.8. The molecule has 4 aliphatic heterocycles. The van der Waals surface area contributed by atoms with Crippen LogP contribution in [0.15, 0.2) is 64.3 Å². The Hall–Kier alpha value is -4.73. The number of nitrogens with one attached hydrogen (secondary N) is 1. The van der Waals surface area contributed by atoms with Crippen LogP contribution in [0.1, 0.15) is 39.9 Å². The molecule has 5 aliphatic rings. The van der Waals surface area contributed by atoms with E-state index in [1.807, 2.05) is 17.5 Å². The lowest BCUT2D eigenvalue weighted by atomic mass is 9.66. The number of nitrogens with zero attached hydrogens (tertiary/aromatic N) is 1. The molecular weight excluding hydrogens is 844 g/mol. The third-order valence-electron chi connectivity index (χ3n) is 11.4. The number of phenolic OH excluding ortho intramolecular Hbond substituents is 1. The maximum absolute atomic E-state index is 13.9. The molecule has 3 fully saturated rings. The average Bonchev–Trinajstić information content (AvgIpc) is 4.09. The van der Waals surface area contributed by atoms with Gasteiger partial charge in [0.15, 0.2) is 39.9 Å². The van der Waals surface area contributed by atoms with Gasteiger partial charge in [-0.1, -0.05) is 17.8 Å². The lowest BCUT2D eigenvalue weighted by Crippen LogP contribution is -2.67. The largest absolute Gasteiger partial charge is 0.502 e. The Balaban J connectivity index is 0.994. The molecule has 1 aliphatic carbocycles. The summed E-state index contributed by atoms with van der Waals surface area (Å²) in [5.41, 5.74) is 2.39. The van der Waals surface area contributed by atoms with Crippen LogP contribution < -0.4 is 24.3 Å². The Kier molecular flexibility index (Phi) is 10.5. The molecule has 15 nitrogen and oxygen atoms in total. The molecule has 6 heterocycles. The van der Waals surface area contributed by atoms with E-state index in [4.69, 9.17) is 42.6 Å². The first-order valence-electron chi connectivity index (χ1n) is 19.0. The summed E-state index contributed by atoms with van der Waals surface area (Å²) in [6.07, 6.45) is -5.98. The number of hydrogen-bond donors (Lipinski definition) is 3. The number of esters is 1. The van der Waals surface area contributed by atoms with E-state index in [0.29, 0.717) is 38.0 Å². The summed E-state index contributed by atoms with van der Waals surface area (Å²) in [5.74, 6) is -2.41. The smallest absolute Gasteiger partial charge is 0.310 e. The number of fused-ring (bicyclic) bond motifs is 5. The molecule has 1 amide bonds. The number of aromatic nitrogens is 1. The molecule has 314 valence electrons. The minimum Gasteiger partial charge on any atom is -0.502 e. The van der Waals surface area contributed by atoms with Crippen molar-refractivity contribution >= 4 is 56.5 Å². The Morgan fingerprint density at radius 1 is 1.02 bits per heavy atom. The number of benzene rings is 3. The molecule has 0 spiro atoms. The van der Waals surface area contributed by atoms with Gasteiger partial charge in [-0.2, -0.15) is 0 Å². The van der Waals surface area contributed by atoms with Gasteiger partial charge in [0.1, 0.15) is 30.2 Å². The molecule has 0 saturated carbocycles. The van der Waals surface area contributed by atoms with Crippen LogP contribution >= 0.6 is 34.4 Å². The second-order valence-corrected chi connectivity index (χ2v) is 18.0. The molecule has 10 rings (SSSR count). The van der Waals surface area contributed by atoms with Gasteiger partial charge in [-0.05, 0) is 64.5 Å². The highest BCUT2D eigenvalue weighted by Crippen LogP contribution is 2.57. The first-order chi connectivity index (χ1) is 29.2. The first kappa shape index (κ1) is 39.4. The SMILES string of the molecule is COc1cc([C@@H]2c3cc4c(cc3[C@@H](O[C@@H]3O[C@@H]5CO[C@@H](c6cccs6)O[C@H]5[C@H](O)[C@H]3NC(=O)CSc3nc5cc(F)ccc5s3)[C@H]3COC(=O)[C@H]23)OCO4)cc(OC)c1O. The van der Waals surface area contributed by atoms with Crippen molar-refractivity contribution in [3.8, 4) is 28.7 Å². The molecule has 3 N–H and O–H groups in total. The fraction of sp³-hybridized carbons (Fsp3) is 0.390. The first-order valence-corrected chi connectivity index (χ1v) is 21.7. The number of cyclic esters (lactones) is 1. The number of phenols is 1. The van der Waals surface area contributed by atoms with Crippen LogP contribution in [0.3, 0.4) is 0 Å². The molecule has 5 aromatic rings. The second-order valence-electron chi connectivity index (χ2n) is 14.8. The molecular formula is C41H37FN2O13S3. The van der Waals surface area contributed by atoms with Crippen molar-refractivity contribution in [3.05, 3.63) is 87.4 Å². The average molecular weight is 881 g/mol. The van der Waals surface area contributed by atoms with Gasteiger partial charge in [0.2, 0.25) is 18.4 Å². The van der Waals surface area contributed by atoms with E-state index in [9.17, 15) is 24.2 Å². The topological polar surface area (TPSA) is 183 Å². The summed E-state index contributed by atoms with van der Waals surface area (Å²) in [5, 5.41) is 27.8. The number of carbonyl (C=O) groups is 2. The van der Waals surface area contributed by atoms with E-state index < -0.39 is 78.5 Å². The van der Waals surface area contributed by atoms with Gasteiger partial charge in [0.05, 0.1) is 60.3 Å². The highest BCUT2D eigenvalue weighted by Gasteiger charge is 2.56. The molecule has 2 aromatic heterocycles. The highest BCUT2D eigenvalue weighted by atomic mass is 32.2. The van der Waals surface area contributed by atoms with Gasteiger partial charge in [0.25, 0.3) is 0 Å². The van der Waals surface area contributed by atoms with E-state index in [1.165, 1.54) is 60.8 Å². The van der Waals surface area contributed by atoms with Crippen LogP contribution in [0, 0.1) is 17.7 Å². The molecule has 60 heavy (non-hydrogen) atoms. The Labute approximate surface area is 353 Å². The van der Waals surface area contributed by atoms with Gasteiger partial charge in [-0.15, -0.1) is 22.7 Å².